The molecule has 0 bridgehead atoms. The molecule has 7 heteroatoms. The minimum atomic E-state index is 0.677. The summed E-state index contributed by atoms with van der Waals surface area (Å²) in [6, 6.07) is 2.05. The number of aryl methyl sites for hydroxylation is 1. The van der Waals surface area contributed by atoms with Crippen molar-refractivity contribution in [3.63, 3.8) is 0 Å². The van der Waals surface area contributed by atoms with Gasteiger partial charge in [0.1, 0.15) is 17.5 Å². The second-order valence-corrected chi connectivity index (χ2v) is 6.26. The van der Waals surface area contributed by atoms with Crippen LogP contribution in [0.1, 0.15) is 29.6 Å². The maximum Gasteiger partial charge on any atom is 0.148 e. The lowest BCUT2D eigenvalue weighted by molar-refractivity contribution is 0.830. The fourth-order valence-corrected chi connectivity index (χ4v) is 3.26. The number of nitrogens with zero attached hydrogens (tertiary/aromatic N) is 2. The topological polar surface area (TPSA) is 75.9 Å². The van der Waals surface area contributed by atoms with Gasteiger partial charge in [-0.2, -0.15) is 0 Å². The smallest absolute Gasteiger partial charge is 0.148 e. The Kier molecular flexibility index (Phi) is 5.33. The summed E-state index contributed by atoms with van der Waals surface area (Å²) in [7, 11) is 0. The van der Waals surface area contributed by atoms with Crippen LogP contribution < -0.4 is 16.6 Å². The zero-order valence-electron chi connectivity index (χ0n) is 11.5. The van der Waals surface area contributed by atoms with Crippen molar-refractivity contribution >= 4 is 38.9 Å². The number of halogens is 1. The van der Waals surface area contributed by atoms with E-state index in [0.717, 1.165) is 41.1 Å². The molecule has 0 spiro atoms. The average molecular weight is 356 g/mol. The molecule has 5 nitrogen and oxygen atoms in total. The predicted molar refractivity (Wildman–Crippen MR) is 87.9 cm³/mol. The van der Waals surface area contributed by atoms with Crippen LogP contribution in [-0.2, 0) is 13.0 Å². The van der Waals surface area contributed by atoms with Gasteiger partial charge in [0.25, 0.3) is 0 Å². The van der Waals surface area contributed by atoms with Crippen molar-refractivity contribution in [2.45, 2.75) is 33.2 Å². The highest BCUT2D eigenvalue weighted by Gasteiger charge is 2.10. The third-order valence-electron chi connectivity index (χ3n) is 2.91. The van der Waals surface area contributed by atoms with E-state index in [9.17, 15) is 0 Å². The van der Waals surface area contributed by atoms with E-state index in [1.165, 1.54) is 4.88 Å². The van der Waals surface area contributed by atoms with Crippen LogP contribution in [0.25, 0.3) is 0 Å². The Labute approximate surface area is 131 Å². The first-order chi connectivity index (χ1) is 9.65. The maximum atomic E-state index is 5.53. The second-order valence-electron chi connectivity index (χ2n) is 4.40. The number of hydrazine groups is 1. The van der Waals surface area contributed by atoms with E-state index in [2.05, 4.69) is 48.9 Å². The molecule has 0 aliphatic heterocycles. The van der Waals surface area contributed by atoms with Gasteiger partial charge in [0.2, 0.25) is 0 Å². The lowest BCUT2D eigenvalue weighted by Gasteiger charge is -2.13. The molecule has 0 unspecified atom stereocenters. The molecule has 0 aliphatic carbocycles. The predicted octanol–water partition coefficient (Wildman–Crippen LogP) is 3.46. The molecule has 0 saturated heterocycles. The quantitative estimate of drug-likeness (QED) is 0.546. The molecule has 2 rings (SSSR count). The van der Waals surface area contributed by atoms with Gasteiger partial charge in [0.15, 0.2) is 0 Å². The molecule has 4 N–H and O–H groups in total. The van der Waals surface area contributed by atoms with Crippen LogP contribution in [-0.4, -0.2) is 9.97 Å². The van der Waals surface area contributed by atoms with Crippen LogP contribution in [0.3, 0.4) is 0 Å². The number of hydrogen-bond acceptors (Lipinski definition) is 6. The molecule has 20 heavy (non-hydrogen) atoms. The summed E-state index contributed by atoms with van der Waals surface area (Å²) in [4.78, 5) is 10.2. The van der Waals surface area contributed by atoms with Crippen LogP contribution in [0.4, 0.5) is 11.6 Å². The van der Waals surface area contributed by atoms with Crippen LogP contribution in [0, 0.1) is 6.92 Å². The second kappa shape index (κ2) is 7.01. The van der Waals surface area contributed by atoms with Gasteiger partial charge in [-0.25, -0.2) is 15.8 Å². The van der Waals surface area contributed by atoms with Crippen molar-refractivity contribution in [2.24, 2.45) is 5.84 Å². The molecular formula is C13H18BrN5S. The summed E-state index contributed by atoms with van der Waals surface area (Å²) < 4.78 is 1.12. The minimum absolute atomic E-state index is 0.677. The third-order valence-corrected chi connectivity index (χ3v) is 4.84. The van der Waals surface area contributed by atoms with Crippen LogP contribution in [0.5, 0.6) is 0 Å². The van der Waals surface area contributed by atoms with Crippen molar-refractivity contribution in [1.82, 2.24) is 9.97 Å². The zero-order chi connectivity index (χ0) is 14.5. The standard InChI is InChI=1S/C13H18BrN5S/c1-3-4-11-17-12(8(2)13(18-11)19-15)16-7-10-9(14)5-6-20-10/h5-6H,3-4,7,15H2,1-2H3,(H2,16,17,18,19). The first-order valence-electron chi connectivity index (χ1n) is 6.45. The Morgan fingerprint density at radius 1 is 1.35 bits per heavy atom. The SMILES string of the molecule is CCCc1nc(NN)c(C)c(NCc2sccc2Br)n1. The summed E-state index contributed by atoms with van der Waals surface area (Å²) in [5.74, 6) is 7.84. The van der Waals surface area contributed by atoms with Gasteiger partial charge in [-0.15, -0.1) is 11.3 Å². The number of nitrogen functional groups attached to an aromatic ring is 1. The molecule has 0 aromatic carbocycles. The number of thiophene rings is 1. The number of nitrogens with one attached hydrogen (secondary N) is 2. The third kappa shape index (κ3) is 3.47. The minimum Gasteiger partial charge on any atom is -0.365 e. The molecular weight excluding hydrogens is 338 g/mol. The first kappa shape index (κ1) is 15.2. The van der Waals surface area contributed by atoms with Gasteiger partial charge in [-0.3, -0.25) is 0 Å². The molecule has 0 saturated carbocycles. The van der Waals surface area contributed by atoms with Gasteiger partial charge < -0.3 is 10.7 Å². The largest absolute Gasteiger partial charge is 0.365 e. The summed E-state index contributed by atoms with van der Waals surface area (Å²) >= 11 is 5.24. The highest BCUT2D eigenvalue weighted by Crippen LogP contribution is 2.25. The number of rotatable bonds is 6. The molecule has 108 valence electrons. The van der Waals surface area contributed by atoms with Gasteiger partial charge in [-0.05, 0) is 40.7 Å². The van der Waals surface area contributed by atoms with E-state index < -0.39 is 0 Å². The Morgan fingerprint density at radius 3 is 2.70 bits per heavy atom. The molecule has 2 aromatic heterocycles. The Balaban J connectivity index is 2.21. The van der Waals surface area contributed by atoms with Gasteiger partial charge in [0, 0.05) is 21.3 Å². The highest BCUT2D eigenvalue weighted by molar-refractivity contribution is 9.10. The summed E-state index contributed by atoms with van der Waals surface area (Å²) in [6.07, 6.45) is 1.84. The van der Waals surface area contributed by atoms with Crippen LogP contribution >= 0.6 is 27.3 Å². The van der Waals surface area contributed by atoms with Crippen molar-refractivity contribution in [2.75, 3.05) is 10.7 Å². The Bertz CT molecular complexity index is 584. The normalized spacial score (nSPS) is 10.6. The highest BCUT2D eigenvalue weighted by atomic mass is 79.9. The van der Waals surface area contributed by atoms with E-state index in [4.69, 9.17) is 5.84 Å². The molecule has 0 fully saturated rings. The van der Waals surface area contributed by atoms with Crippen molar-refractivity contribution in [3.8, 4) is 0 Å². The van der Waals surface area contributed by atoms with E-state index in [0.29, 0.717) is 5.82 Å². The maximum absolute atomic E-state index is 5.53. The fraction of sp³-hybridized carbons (Fsp3) is 0.385. The average Bonchev–Trinajstić information content (AvgIpc) is 2.84. The van der Waals surface area contributed by atoms with Gasteiger partial charge in [-0.1, -0.05) is 6.92 Å². The zero-order valence-corrected chi connectivity index (χ0v) is 13.9. The van der Waals surface area contributed by atoms with E-state index in [-0.39, 0.29) is 0 Å². The molecule has 0 amide bonds. The summed E-state index contributed by atoms with van der Waals surface area (Å²) in [6.45, 7) is 4.79. The molecule has 0 radical (unpaired) electrons. The van der Waals surface area contributed by atoms with Crippen LogP contribution in [0.15, 0.2) is 15.9 Å². The van der Waals surface area contributed by atoms with Crippen molar-refractivity contribution in [3.05, 3.63) is 32.2 Å². The summed E-state index contributed by atoms with van der Waals surface area (Å²) in [5, 5.41) is 5.42. The summed E-state index contributed by atoms with van der Waals surface area (Å²) in [5.41, 5.74) is 3.57. The molecule has 2 aromatic rings. The number of hydrogen-bond donors (Lipinski definition) is 3. The monoisotopic (exact) mass is 355 g/mol. The van der Waals surface area contributed by atoms with Crippen molar-refractivity contribution < 1.29 is 0 Å². The Hall–Kier alpha value is -1.18. The van der Waals surface area contributed by atoms with Crippen molar-refractivity contribution in [1.29, 1.82) is 0 Å². The molecule has 0 aliphatic rings. The number of aromatic nitrogens is 2. The van der Waals surface area contributed by atoms with Crippen LogP contribution in [0.2, 0.25) is 0 Å². The van der Waals surface area contributed by atoms with E-state index in [1.54, 1.807) is 11.3 Å². The van der Waals surface area contributed by atoms with Gasteiger partial charge in [0.05, 0.1) is 6.54 Å². The lowest BCUT2D eigenvalue weighted by Crippen LogP contribution is -2.15. The lowest BCUT2D eigenvalue weighted by atomic mass is 10.2. The fourth-order valence-electron chi connectivity index (χ4n) is 1.83. The van der Waals surface area contributed by atoms with E-state index in [1.807, 2.05) is 13.0 Å². The number of nitrogens with two attached hydrogens (primary N) is 1. The number of anilines is 2. The Morgan fingerprint density at radius 2 is 2.10 bits per heavy atom. The molecule has 2 heterocycles. The first-order valence-corrected chi connectivity index (χ1v) is 8.12. The van der Waals surface area contributed by atoms with E-state index >= 15 is 0 Å². The molecule has 0 atom stereocenters. The van der Waals surface area contributed by atoms with Gasteiger partial charge >= 0.3 is 0 Å².